The maximum atomic E-state index is 12.4. The van der Waals surface area contributed by atoms with Crippen molar-refractivity contribution in [2.75, 3.05) is 6.26 Å². The van der Waals surface area contributed by atoms with Crippen molar-refractivity contribution >= 4 is 34.1 Å². The number of aromatic nitrogens is 1. The van der Waals surface area contributed by atoms with Crippen LogP contribution in [-0.4, -0.2) is 36.7 Å². The maximum Gasteiger partial charge on any atom is 0.298 e. The molecule has 0 N–H and O–H groups in total. The highest BCUT2D eigenvalue weighted by atomic mass is 32.2. The predicted octanol–water partition coefficient (Wildman–Crippen LogP) is 1.24. The van der Waals surface area contributed by atoms with Gasteiger partial charge in [-0.25, -0.2) is 12.4 Å². The third-order valence-electron chi connectivity index (χ3n) is 3.55. The Morgan fingerprint density at radius 1 is 1.08 bits per heavy atom. The number of hydrogen-bond acceptors (Lipinski definition) is 6. The summed E-state index contributed by atoms with van der Waals surface area (Å²) in [7, 11) is -3.75. The lowest BCUT2D eigenvalue weighted by Gasteiger charge is -2.12. The monoisotopic (exact) mass is 345 g/mol. The van der Waals surface area contributed by atoms with Gasteiger partial charge in [-0.05, 0) is 5.56 Å². The van der Waals surface area contributed by atoms with E-state index in [4.69, 9.17) is 0 Å². The Balaban J connectivity index is 2.37. The second-order valence-corrected chi connectivity index (χ2v) is 6.97. The molecule has 0 bridgehead atoms. The first-order valence-electron chi connectivity index (χ1n) is 6.77. The Hall–Kier alpha value is -3.00. The second kappa shape index (κ2) is 5.57. The van der Waals surface area contributed by atoms with Crippen molar-refractivity contribution in [1.29, 1.82) is 0 Å². The normalized spacial score (nSPS) is 14.1. The van der Waals surface area contributed by atoms with E-state index < -0.39 is 27.3 Å². The molecule has 7 nitrogen and oxygen atoms in total. The van der Waals surface area contributed by atoms with Crippen LogP contribution >= 0.6 is 0 Å². The fourth-order valence-electron chi connectivity index (χ4n) is 2.54. The van der Waals surface area contributed by atoms with Crippen LogP contribution in [0.3, 0.4) is 0 Å². The zero-order valence-corrected chi connectivity index (χ0v) is 13.2. The molecule has 0 radical (unpaired) electrons. The summed E-state index contributed by atoms with van der Waals surface area (Å²) in [6.07, 6.45) is 3.33. The first-order chi connectivity index (χ1) is 11.3. The quantitative estimate of drug-likeness (QED) is 0.611. The third-order valence-corrected chi connectivity index (χ3v) is 4.57. The van der Waals surface area contributed by atoms with Gasteiger partial charge < -0.3 is 4.74 Å². The number of carbonyl (C=O) groups excluding carboxylic acids is 3. The van der Waals surface area contributed by atoms with Gasteiger partial charge in [-0.3, -0.25) is 14.4 Å². The lowest BCUT2D eigenvalue weighted by Crippen LogP contribution is -2.24. The van der Waals surface area contributed by atoms with Crippen LogP contribution in [0.1, 0.15) is 16.1 Å². The van der Waals surface area contributed by atoms with Crippen LogP contribution in [0.25, 0.3) is 17.2 Å². The fourth-order valence-corrected chi connectivity index (χ4v) is 3.34. The van der Waals surface area contributed by atoms with Gasteiger partial charge in [-0.1, -0.05) is 30.3 Å². The van der Waals surface area contributed by atoms with Crippen LogP contribution in [0, 0.1) is 0 Å². The molecule has 0 fully saturated rings. The number of Topliss-reactive ketones (excluding diaryl/α,β-unsaturated/α-hetero) is 2. The molecule has 3 rings (SSSR count). The molecule has 1 aliphatic rings. The number of fused-ring (bicyclic) bond motifs is 1. The molecule has 24 heavy (non-hydrogen) atoms. The van der Waals surface area contributed by atoms with Crippen LogP contribution in [0.2, 0.25) is 0 Å². The molecule has 0 aliphatic heterocycles. The van der Waals surface area contributed by atoms with E-state index in [9.17, 15) is 22.8 Å². The van der Waals surface area contributed by atoms with Crippen molar-refractivity contribution in [3.63, 3.8) is 0 Å². The molecular weight excluding hydrogens is 334 g/mol. The number of hydrogen-bond donors (Lipinski definition) is 0. The summed E-state index contributed by atoms with van der Waals surface area (Å²) in [4.78, 5) is 35.0. The number of rotatable bonds is 4. The summed E-state index contributed by atoms with van der Waals surface area (Å²) in [5.74, 6) is -2.44. The van der Waals surface area contributed by atoms with Gasteiger partial charge in [-0.15, -0.1) is 0 Å². The van der Waals surface area contributed by atoms with Gasteiger partial charge in [0.15, 0.2) is 5.76 Å². The molecule has 0 unspecified atom stereocenters. The Morgan fingerprint density at radius 3 is 2.33 bits per heavy atom. The largest absolute Gasteiger partial charge is 0.424 e. The summed E-state index contributed by atoms with van der Waals surface area (Å²) < 4.78 is 29.5. The Kier molecular flexibility index (Phi) is 3.69. The molecular formula is C16H11NO6S. The molecule has 1 aliphatic carbocycles. The highest BCUT2D eigenvalue weighted by Crippen LogP contribution is 2.34. The minimum atomic E-state index is -3.75. The average Bonchev–Trinajstić information content (AvgIpc) is 2.93. The minimum Gasteiger partial charge on any atom is -0.424 e. The number of ether oxygens (including phenoxy) is 1. The predicted molar refractivity (Wildman–Crippen MR) is 84.6 cm³/mol. The molecule has 1 heterocycles. The van der Waals surface area contributed by atoms with Gasteiger partial charge in [0.2, 0.25) is 15.8 Å². The second-order valence-electron chi connectivity index (χ2n) is 5.11. The van der Waals surface area contributed by atoms with E-state index in [1.807, 2.05) is 0 Å². The molecule has 0 atom stereocenters. The zero-order valence-electron chi connectivity index (χ0n) is 12.4. The number of allylic oxidation sites excluding steroid dienone is 1. The summed E-state index contributed by atoms with van der Waals surface area (Å²) in [6, 6.07) is 8.62. The van der Waals surface area contributed by atoms with Gasteiger partial charge in [0, 0.05) is 17.8 Å². The van der Waals surface area contributed by atoms with E-state index in [0.29, 0.717) is 11.1 Å². The van der Waals surface area contributed by atoms with Crippen molar-refractivity contribution in [3.8, 4) is 11.1 Å². The van der Waals surface area contributed by atoms with E-state index in [-0.39, 0.29) is 17.7 Å². The SMILES string of the molecule is CS(=O)(=O)n1cc(-c2ccccc2)c2c1C=C(OC=O)C(=O)C2=O. The number of carbonyl (C=O) groups is 3. The van der Waals surface area contributed by atoms with Crippen LogP contribution < -0.4 is 0 Å². The van der Waals surface area contributed by atoms with E-state index in [2.05, 4.69) is 4.74 Å². The van der Waals surface area contributed by atoms with Gasteiger partial charge in [0.1, 0.15) is 0 Å². The Morgan fingerprint density at radius 2 is 1.75 bits per heavy atom. The lowest BCUT2D eigenvalue weighted by atomic mass is 9.93. The maximum absolute atomic E-state index is 12.4. The van der Waals surface area contributed by atoms with Crippen LogP contribution in [0.5, 0.6) is 0 Å². The molecule has 0 saturated heterocycles. The summed E-state index contributed by atoms with van der Waals surface area (Å²) in [5.41, 5.74) is 0.855. The first-order valence-corrected chi connectivity index (χ1v) is 8.61. The minimum absolute atomic E-state index is 0.00778. The van der Waals surface area contributed by atoms with Gasteiger partial charge in [-0.2, -0.15) is 0 Å². The highest BCUT2D eigenvalue weighted by Gasteiger charge is 2.35. The fraction of sp³-hybridized carbons (Fsp3) is 0.0625. The van der Waals surface area contributed by atoms with Crippen LogP contribution in [-0.2, 0) is 24.3 Å². The van der Waals surface area contributed by atoms with E-state index in [0.717, 1.165) is 16.3 Å². The van der Waals surface area contributed by atoms with Gasteiger partial charge in [0.25, 0.3) is 12.3 Å². The Labute approximate surface area is 137 Å². The summed E-state index contributed by atoms with van der Waals surface area (Å²) in [5, 5.41) is 0. The van der Waals surface area contributed by atoms with E-state index >= 15 is 0 Å². The highest BCUT2D eigenvalue weighted by molar-refractivity contribution is 7.89. The van der Waals surface area contributed by atoms with Crippen LogP contribution in [0.15, 0.2) is 42.3 Å². The number of ketones is 2. The molecule has 1 aromatic heterocycles. The molecule has 8 heteroatoms. The zero-order chi connectivity index (χ0) is 17.5. The summed E-state index contributed by atoms with van der Waals surface area (Å²) in [6.45, 7) is 0.00778. The first kappa shape index (κ1) is 15.9. The van der Waals surface area contributed by atoms with E-state index in [1.165, 1.54) is 6.20 Å². The van der Waals surface area contributed by atoms with Gasteiger partial charge >= 0.3 is 0 Å². The van der Waals surface area contributed by atoms with Crippen LogP contribution in [0.4, 0.5) is 0 Å². The average molecular weight is 345 g/mol. The number of nitrogens with zero attached hydrogens (tertiary/aromatic N) is 1. The molecule has 2 aromatic rings. The van der Waals surface area contributed by atoms with Crippen molar-refractivity contribution in [2.24, 2.45) is 0 Å². The van der Waals surface area contributed by atoms with E-state index in [1.54, 1.807) is 30.3 Å². The summed E-state index contributed by atoms with van der Waals surface area (Å²) >= 11 is 0. The smallest absolute Gasteiger partial charge is 0.298 e. The van der Waals surface area contributed by atoms with Crippen molar-refractivity contribution in [2.45, 2.75) is 0 Å². The third kappa shape index (κ3) is 2.46. The number of benzene rings is 1. The molecule has 0 spiro atoms. The van der Waals surface area contributed by atoms with Gasteiger partial charge in [0.05, 0.1) is 17.5 Å². The topological polar surface area (TPSA) is 99.5 Å². The molecule has 122 valence electrons. The molecule has 0 amide bonds. The standard InChI is InChI=1S/C16H11NO6S/c1-24(21,22)17-8-11(10-5-3-2-4-6-10)14-12(17)7-13(23-9-18)15(19)16(14)20/h2-9H,1H3. The Bertz CT molecular complexity index is 999. The molecule has 1 aromatic carbocycles. The van der Waals surface area contributed by atoms with Crippen molar-refractivity contribution in [3.05, 3.63) is 53.5 Å². The molecule has 0 saturated carbocycles. The van der Waals surface area contributed by atoms with Crippen molar-refractivity contribution in [1.82, 2.24) is 3.97 Å². The van der Waals surface area contributed by atoms with Crippen molar-refractivity contribution < 1.29 is 27.5 Å². The lowest BCUT2D eigenvalue weighted by molar-refractivity contribution is -0.129.